The standard InChI is InChI=1S/C24H42O4/c1-7-23(8-2)15-25-11-12-26-17-24(14-19-9-10-20(24)13-19)18-28-22(5,6)21(3,4)27-16-23/h9-10,19-20H,7-8,11-18H2,1-6H3. The molecule has 0 amide bonds. The lowest BCUT2D eigenvalue weighted by Crippen LogP contribution is -2.53. The summed E-state index contributed by atoms with van der Waals surface area (Å²) in [6, 6.07) is 0. The molecule has 3 atom stereocenters. The second kappa shape index (κ2) is 8.37. The molecule has 1 saturated heterocycles. The first-order chi connectivity index (χ1) is 13.2. The number of ether oxygens (including phenoxy) is 4. The molecular weight excluding hydrogens is 352 g/mol. The molecule has 3 rings (SSSR count). The van der Waals surface area contributed by atoms with Gasteiger partial charge in [-0.1, -0.05) is 26.0 Å². The van der Waals surface area contributed by atoms with Crippen molar-refractivity contribution in [2.45, 2.75) is 78.4 Å². The van der Waals surface area contributed by atoms with Crippen LogP contribution in [0.2, 0.25) is 0 Å². The van der Waals surface area contributed by atoms with Gasteiger partial charge in [-0.25, -0.2) is 0 Å². The van der Waals surface area contributed by atoms with Crippen LogP contribution in [-0.4, -0.2) is 50.8 Å². The summed E-state index contributed by atoms with van der Waals surface area (Å²) < 4.78 is 25.4. The zero-order valence-corrected chi connectivity index (χ0v) is 19.0. The third-order valence-corrected chi connectivity index (χ3v) is 8.21. The predicted octanol–water partition coefficient (Wildman–Crippen LogP) is 5.01. The van der Waals surface area contributed by atoms with Crippen LogP contribution in [0.4, 0.5) is 0 Å². The summed E-state index contributed by atoms with van der Waals surface area (Å²) >= 11 is 0. The molecule has 2 aliphatic carbocycles. The monoisotopic (exact) mass is 394 g/mol. The molecule has 2 fully saturated rings. The van der Waals surface area contributed by atoms with E-state index in [2.05, 4.69) is 53.7 Å². The van der Waals surface area contributed by atoms with Gasteiger partial charge in [-0.3, -0.25) is 0 Å². The fourth-order valence-corrected chi connectivity index (χ4v) is 4.81. The van der Waals surface area contributed by atoms with Crippen LogP contribution in [0.3, 0.4) is 0 Å². The van der Waals surface area contributed by atoms with Crippen molar-refractivity contribution < 1.29 is 18.9 Å². The Labute approximate surface area is 172 Å². The molecule has 162 valence electrons. The summed E-state index contributed by atoms with van der Waals surface area (Å²) in [6.45, 7) is 17.3. The molecule has 0 aromatic carbocycles. The number of fused-ring (bicyclic) bond motifs is 3. The largest absolute Gasteiger partial charge is 0.378 e. The fourth-order valence-electron chi connectivity index (χ4n) is 4.81. The summed E-state index contributed by atoms with van der Waals surface area (Å²) in [7, 11) is 0. The van der Waals surface area contributed by atoms with Gasteiger partial charge >= 0.3 is 0 Å². The Balaban J connectivity index is 1.77. The second-order valence-electron chi connectivity index (χ2n) is 10.5. The summed E-state index contributed by atoms with van der Waals surface area (Å²) in [6.07, 6.45) is 9.28. The highest BCUT2D eigenvalue weighted by Gasteiger charge is 2.51. The lowest BCUT2D eigenvalue weighted by Gasteiger charge is -2.46. The summed E-state index contributed by atoms with van der Waals surface area (Å²) in [5, 5.41) is 0. The van der Waals surface area contributed by atoms with E-state index in [0.717, 1.165) is 32.7 Å². The molecule has 0 radical (unpaired) electrons. The number of hydrogen-bond acceptors (Lipinski definition) is 4. The predicted molar refractivity (Wildman–Crippen MR) is 113 cm³/mol. The van der Waals surface area contributed by atoms with E-state index in [1.54, 1.807) is 0 Å². The molecule has 0 aromatic rings. The molecule has 28 heavy (non-hydrogen) atoms. The molecule has 1 saturated carbocycles. The van der Waals surface area contributed by atoms with Crippen LogP contribution < -0.4 is 0 Å². The van der Waals surface area contributed by atoms with Crippen LogP contribution in [0.25, 0.3) is 0 Å². The minimum atomic E-state index is -0.387. The van der Waals surface area contributed by atoms with E-state index in [4.69, 9.17) is 18.9 Å². The maximum Gasteiger partial charge on any atom is 0.0909 e. The zero-order valence-electron chi connectivity index (χ0n) is 19.0. The Hall–Kier alpha value is -0.420. The molecule has 4 nitrogen and oxygen atoms in total. The Morgan fingerprint density at radius 1 is 0.786 bits per heavy atom. The molecule has 1 heterocycles. The molecule has 3 aliphatic rings. The average molecular weight is 395 g/mol. The minimum Gasteiger partial charge on any atom is -0.378 e. The van der Waals surface area contributed by atoms with Gasteiger partial charge in [-0.05, 0) is 65.2 Å². The van der Waals surface area contributed by atoms with Crippen LogP contribution in [0.1, 0.15) is 67.2 Å². The first kappa shape index (κ1) is 22.3. The van der Waals surface area contributed by atoms with E-state index in [1.165, 1.54) is 12.8 Å². The fraction of sp³-hybridized carbons (Fsp3) is 0.917. The van der Waals surface area contributed by atoms with Gasteiger partial charge in [0.05, 0.1) is 50.8 Å². The van der Waals surface area contributed by atoms with Gasteiger partial charge in [0, 0.05) is 10.8 Å². The number of rotatable bonds is 2. The van der Waals surface area contributed by atoms with Crippen LogP contribution >= 0.6 is 0 Å². The zero-order chi connectivity index (χ0) is 20.5. The van der Waals surface area contributed by atoms with Gasteiger partial charge in [-0.2, -0.15) is 0 Å². The highest BCUT2D eigenvalue weighted by Crippen LogP contribution is 2.53. The van der Waals surface area contributed by atoms with E-state index in [9.17, 15) is 0 Å². The minimum absolute atomic E-state index is 0.0497. The first-order valence-corrected chi connectivity index (χ1v) is 11.3. The second-order valence-corrected chi connectivity index (χ2v) is 10.5. The first-order valence-electron chi connectivity index (χ1n) is 11.3. The molecule has 1 aliphatic heterocycles. The van der Waals surface area contributed by atoms with Gasteiger partial charge in [0.15, 0.2) is 0 Å². The maximum atomic E-state index is 6.65. The Kier molecular flexibility index (Phi) is 6.66. The number of hydrogen-bond donors (Lipinski definition) is 0. The van der Waals surface area contributed by atoms with E-state index >= 15 is 0 Å². The van der Waals surface area contributed by atoms with Gasteiger partial charge in [0.2, 0.25) is 0 Å². The topological polar surface area (TPSA) is 36.9 Å². The Bertz CT molecular complexity index is 549. The van der Waals surface area contributed by atoms with Crippen LogP contribution in [0, 0.1) is 22.7 Å². The number of allylic oxidation sites excluding steroid dienone is 2. The molecule has 0 N–H and O–H groups in total. The summed E-state index contributed by atoms with van der Waals surface area (Å²) in [5.74, 6) is 1.26. The van der Waals surface area contributed by atoms with Gasteiger partial charge in [0.1, 0.15) is 0 Å². The third kappa shape index (κ3) is 4.35. The molecule has 4 heteroatoms. The Morgan fingerprint density at radius 3 is 1.93 bits per heavy atom. The SMILES string of the molecule is CCC1(CC)COCCOCC2(COC(C)(C)C(C)(C)OC1)CC1C=CC2C1. The van der Waals surface area contributed by atoms with E-state index in [-0.39, 0.29) is 22.0 Å². The molecular formula is C24H42O4. The molecule has 0 aromatic heterocycles. The van der Waals surface area contributed by atoms with Crippen LogP contribution in [0.5, 0.6) is 0 Å². The van der Waals surface area contributed by atoms with Crippen molar-refractivity contribution >= 4 is 0 Å². The van der Waals surface area contributed by atoms with E-state index < -0.39 is 0 Å². The maximum absolute atomic E-state index is 6.65. The molecule has 3 unspecified atom stereocenters. The summed E-state index contributed by atoms with van der Waals surface area (Å²) in [4.78, 5) is 0. The van der Waals surface area contributed by atoms with Crippen LogP contribution in [0.15, 0.2) is 12.2 Å². The molecule has 2 bridgehead atoms. The van der Waals surface area contributed by atoms with Crippen molar-refractivity contribution in [1.29, 1.82) is 0 Å². The normalized spacial score (nSPS) is 37.8. The lowest BCUT2D eigenvalue weighted by atomic mass is 9.76. The quantitative estimate of drug-likeness (QED) is 0.617. The van der Waals surface area contributed by atoms with Crippen molar-refractivity contribution in [3.8, 4) is 0 Å². The third-order valence-electron chi connectivity index (χ3n) is 8.21. The van der Waals surface area contributed by atoms with E-state index in [0.29, 0.717) is 31.7 Å². The lowest BCUT2D eigenvalue weighted by molar-refractivity contribution is -0.212. The van der Waals surface area contributed by atoms with Crippen molar-refractivity contribution in [3.63, 3.8) is 0 Å². The smallest absolute Gasteiger partial charge is 0.0909 e. The van der Waals surface area contributed by atoms with Crippen molar-refractivity contribution in [2.24, 2.45) is 22.7 Å². The Morgan fingerprint density at radius 2 is 1.39 bits per heavy atom. The van der Waals surface area contributed by atoms with Gasteiger partial charge < -0.3 is 18.9 Å². The molecule has 1 spiro atoms. The highest BCUT2D eigenvalue weighted by molar-refractivity contribution is 5.16. The van der Waals surface area contributed by atoms with Crippen molar-refractivity contribution in [3.05, 3.63) is 12.2 Å². The van der Waals surface area contributed by atoms with Crippen LogP contribution in [-0.2, 0) is 18.9 Å². The van der Waals surface area contributed by atoms with Crippen molar-refractivity contribution in [1.82, 2.24) is 0 Å². The summed E-state index contributed by atoms with van der Waals surface area (Å²) in [5.41, 5.74) is -0.631. The van der Waals surface area contributed by atoms with Gasteiger partial charge in [0.25, 0.3) is 0 Å². The average Bonchev–Trinajstić information content (AvgIpc) is 3.27. The highest BCUT2D eigenvalue weighted by atomic mass is 16.6. The van der Waals surface area contributed by atoms with Gasteiger partial charge in [-0.15, -0.1) is 0 Å². The van der Waals surface area contributed by atoms with Crippen molar-refractivity contribution in [2.75, 3.05) is 39.6 Å². The van der Waals surface area contributed by atoms with E-state index in [1.807, 2.05) is 0 Å².